The zero-order valence-electron chi connectivity index (χ0n) is 53.7. The number of sulfonamides is 2. The predicted molar refractivity (Wildman–Crippen MR) is 347 cm³/mol. The number of aliphatic hydroxyl groups is 1. The average Bonchev–Trinajstić information content (AvgIpc) is 1.54. The fourth-order valence-electron chi connectivity index (χ4n) is 12.7. The Morgan fingerprint density at radius 3 is 1.64 bits per heavy atom. The molecule has 0 unspecified atom stereocenters. The topological polar surface area (TPSA) is 259 Å². The lowest BCUT2D eigenvalue weighted by atomic mass is 9.75. The Kier molecular flexibility index (Phi) is 22.8. The molecule has 90 heavy (non-hydrogen) atoms. The van der Waals surface area contributed by atoms with Crippen LogP contribution in [0.4, 0.5) is 21.0 Å². The minimum Gasteiger partial charge on any atom is -0.487 e. The van der Waals surface area contributed by atoms with Gasteiger partial charge in [0.25, 0.3) is 0 Å². The van der Waals surface area contributed by atoms with E-state index in [0.717, 1.165) is 96.8 Å². The number of quaternary nitrogens is 1. The van der Waals surface area contributed by atoms with E-state index in [0.29, 0.717) is 84.2 Å². The van der Waals surface area contributed by atoms with Crippen molar-refractivity contribution in [3.05, 3.63) is 119 Å². The Labute approximate surface area is 534 Å². The molecule has 6 aliphatic heterocycles. The summed E-state index contributed by atoms with van der Waals surface area (Å²) in [4.78, 5) is 40.6. The molecule has 0 aromatic heterocycles. The van der Waals surface area contributed by atoms with Gasteiger partial charge in [-0.15, -0.1) is 0 Å². The number of alkyl carbamates (subject to hydrolysis) is 2. The summed E-state index contributed by atoms with van der Waals surface area (Å²) in [5.41, 5.74) is 1.78. The van der Waals surface area contributed by atoms with Crippen molar-refractivity contribution in [1.82, 2.24) is 20.4 Å². The van der Waals surface area contributed by atoms with E-state index in [1.54, 1.807) is 30.3 Å². The number of aliphatic hydroxyl groups excluding tert-OH is 1. The molecule has 2 amide bonds. The fraction of sp³-hybridized carbons (Fsp3) is 0.578. The number of rotatable bonds is 18. The first-order valence-electron chi connectivity index (χ1n) is 31.2. The van der Waals surface area contributed by atoms with E-state index in [9.17, 15) is 36.3 Å². The van der Waals surface area contributed by atoms with Crippen LogP contribution in [0, 0.1) is 0 Å². The molecule has 490 valence electrons. The number of piperidine rings is 2. The zero-order chi connectivity index (χ0) is 65.2. The predicted octanol–water partition coefficient (Wildman–Crippen LogP) is 7.79. The minimum absolute atomic E-state index is 0.00733. The van der Waals surface area contributed by atoms with Crippen LogP contribution < -0.4 is 29.6 Å². The third-order valence-corrected chi connectivity index (χ3v) is 18.1. The third-order valence-electron chi connectivity index (χ3n) is 16.9. The van der Waals surface area contributed by atoms with Crippen molar-refractivity contribution in [3.63, 3.8) is 0 Å². The smallest absolute Gasteiger partial charge is 0.487 e. The number of anilines is 2. The molecule has 2 radical (unpaired) electrons. The zero-order valence-corrected chi connectivity index (χ0v) is 55.4. The molecule has 22 nitrogen and oxygen atoms in total. The second-order valence-electron chi connectivity index (χ2n) is 26.4. The number of ketones is 1. The molecular weight excluding hydrogens is 1190 g/mol. The number of benzene rings is 4. The van der Waals surface area contributed by atoms with Gasteiger partial charge in [-0.3, -0.25) is 14.2 Å². The molecule has 4 aromatic carbocycles. The van der Waals surface area contributed by atoms with E-state index in [4.69, 9.17) is 41.1 Å². The lowest BCUT2D eigenvalue weighted by Crippen LogP contribution is -2.55. The van der Waals surface area contributed by atoms with Gasteiger partial charge in [-0.05, 0) is 108 Å². The van der Waals surface area contributed by atoms with E-state index in [-0.39, 0.29) is 25.3 Å². The molecular formula is C64H92B2N7O15S2+. The number of hydrogen-bond acceptors (Lipinski definition) is 17. The molecule has 3 atom stereocenters. The first-order valence-corrected chi connectivity index (χ1v) is 35.0. The Hall–Kier alpha value is -5.96. The van der Waals surface area contributed by atoms with Gasteiger partial charge in [0.2, 0.25) is 20.0 Å². The van der Waals surface area contributed by atoms with Gasteiger partial charge in [0.15, 0.2) is 11.4 Å². The molecule has 6 aliphatic rings. The van der Waals surface area contributed by atoms with Crippen LogP contribution in [0.3, 0.4) is 0 Å². The first-order chi connectivity index (χ1) is 42.4. The second kappa shape index (κ2) is 29.3. The number of carbonyl (C=O) groups is 3. The number of fused-ring (bicyclic) bond motifs is 3. The van der Waals surface area contributed by atoms with E-state index < -0.39 is 66.3 Å². The van der Waals surface area contributed by atoms with E-state index >= 15 is 0 Å². The van der Waals surface area contributed by atoms with Gasteiger partial charge in [0.1, 0.15) is 33.9 Å². The Morgan fingerprint density at radius 2 is 1.16 bits per heavy atom. The quantitative estimate of drug-likeness (QED) is 0.0470. The highest BCUT2D eigenvalue weighted by Gasteiger charge is 2.66. The van der Waals surface area contributed by atoms with Gasteiger partial charge in [0, 0.05) is 108 Å². The second-order valence-corrected chi connectivity index (χ2v) is 29.9. The number of ether oxygens (including phenoxy) is 6. The van der Waals surface area contributed by atoms with Crippen LogP contribution in [0.25, 0.3) is 0 Å². The number of carbonyl (C=O) groups excluding carboxylic acids is 3. The minimum atomic E-state index is -3.42. The van der Waals surface area contributed by atoms with Crippen molar-refractivity contribution < 1.29 is 73.7 Å². The SMILES string of the molecule is CC(C)(C)OC(=O)NCCOCCN1CCC2(CC1)CC(=O)c1cc(NS(C)(=O)=O)ccc1O2.CC(C)(C)OC(=O)NCCOCCN1CCC2(CC1)C[C@@H](O)c1cc(NS(C)(=O)=O)ccc1O2.[B][N@+]12CCC[C@H]1C(c1ccccc1)(c1ccccc1)OB2C. The lowest BCUT2D eigenvalue weighted by molar-refractivity contribution is -0.716. The molecule has 4 fully saturated rings. The highest BCUT2D eigenvalue weighted by molar-refractivity contribution is 7.92. The van der Waals surface area contributed by atoms with Crippen molar-refractivity contribution >= 4 is 64.4 Å². The molecule has 6 heterocycles. The van der Waals surface area contributed by atoms with Crippen LogP contribution in [0.15, 0.2) is 97.1 Å². The van der Waals surface area contributed by atoms with Crippen LogP contribution in [0.2, 0.25) is 6.82 Å². The summed E-state index contributed by atoms with van der Waals surface area (Å²) in [6.07, 6.45) is 6.59. The Morgan fingerprint density at radius 1 is 0.689 bits per heavy atom. The number of nitrogens with zero attached hydrogens (tertiary/aromatic N) is 3. The standard InChI is InChI=1S/C23H37N3O7S.C23H35N3O7S.C18H20B2NO/c2*1-22(2,3)33-21(28)24-9-13-31-14-12-26-10-7-23(8-11-26)16-19(27)18-15-17(25-34(4,29)30)5-6-20(18)32-23;1-20-21(19)14-8-13-17(21)18(22-20,15-9-4-2-5-10-15)16-11-6-3-7-12-16/h5-6,15,19,25,27H,7-14,16H2,1-4H3,(H,24,28);5-6,15,25H,7-14,16H2,1-4H3,(H,24,28);2-7,9-12,17H,8,13-14H2,1H3/q;;+1/t19-;;17-,21-/m1.0/s1. The Bertz CT molecular complexity index is 3270. The summed E-state index contributed by atoms with van der Waals surface area (Å²) >= 11 is 0. The third kappa shape index (κ3) is 19.1. The number of likely N-dealkylation sites (tertiary alicyclic amines) is 2. The van der Waals surface area contributed by atoms with Gasteiger partial charge in [-0.25, -0.2) is 26.4 Å². The molecule has 5 N–H and O–H groups in total. The van der Waals surface area contributed by atoms with Gasteiger partial charge < -0.3 is 62.9 Å². The highest BCUT2D eigenvalue weighted by Crippen LogP contribution is 2.52. The van der Waals surface area contributed by atoms with Gasteiger partial charge in [-0.1, -0.05) is 60.7 Å². The van der Waals surface area contributed by atoms with Crippen LogP contribution in [-0.4, -0.2) is 195 Å². The monoisotopic (exact) mass is 1280 g/mol. The largest absolute Gasteiger partial charge is 0.550 e. The molecule has 0 bridgehead atoms. The molecule has 0 aliphatic carbocycles. The van der Waals surface area contributed by atoms with Crippen LogP contribution >= 0.6 is 0 Å². The van der Waals surface area contributed by atoms with Gasteiger partial charge in [0.05, 0.1) is 63.1 Å². The molecule has 2 spiro atoms. The van der Waals surface area contributed by atoms with E-state index in [1.165, 1.54) is 17.2 Å². The van der Waals surface area contributed by atoms with Crippen LogP contribution in [0.5, 0.6) is 11.5 Å². The normalized spacial score (nSPS) is 21.8. The highest BCUT2D eigenvalue weighted by atomic mass is 32.2. The maximum absolute atomic E-state index is 12.8. The average molecular weight is 1290 g/mol. The number of hydrogen-bond donors (Lipinski definition) is 5. The number of amides is 2. The van der Waals surface area contributed by atoms with Crippen molar-refractivity contribution in [3.8, 4) is 11.5 Å². The summed E-state index contributed by atoms with van der Waals surface area (Å²) in [5, 5.41) is 16.1. The fourth-order valence-corrected chi connectivity index (χ4v) is 13.9. The van der Waals surface area contributed by atoms with Crippen molar-refractivity contribution in [2.75, 3.05) is 107 Å². The maximum Gasteiger partial charge on any atom is 0.550 e. The van der Waals surface area contributed by atoms with E-state index in [1.807, 2.05) is 41.5 Å². The van der Waals surface area contributed by atoms with Gasteiger partial charge in [-0.2, -0.15) is 0 Å². The number of Topliss-reactive ketones (excluding diaryl/α,β-unsaturated/α-hetero) is 1. The van der Waals surface area contributed by atoms with E-state index in [2.05, 4.69) is 97.4 Å². The lowest BCUT2D eigenvalue weighted by Gasteiger charge is -2.46. The Balaban J connectivity index is 0.000000178. The summed E-state index contributed by atoms with van der Waals surface area (Å²) < 4.78 is 92.1. The molecule has 10 rings (SSSR count). The summed E-state index contributed by atoms with van der Waals surface area (Å²) in [6.45, 7) is 21.5. The van der Waals surface area contributed by atoms with Crippen molar-refractivity contribution in [2.45, 2.75) is 140 Å². The van der Waals surface area contributed by atoms with Crippen LogP contribution in [0.1, 0.15) is 126 Å². The summed E-state index contributed by atoms with van der Waals surface area (Å²) in [5.74, 6) is 1.07. The van der Waals surface area contributed by atoms with Gasteiger partial charge >= 0.3 is 27.2 Å². The number of nitrogens with one attached hydrogen (secondary N) is 4. The maximum atomic E-state index is 12.8. The summed E-state index contributed by atoms with van der Waals surface area (Å²) in [6, 6.07) is 31.2. The summed E-state index contributed by atoms with van der Waals surface area (Å²) in [7, 11) is -0.0323. The molecule has 26 heteroatoms. The van der Waals surface area contributed by atoms with Crippen molar-refractivity contribution in [1.29, 1.82) is 0 Å². The van der Waals surface area contributed by atoms with Crippen LogP contribution in [-0.2, 0) is 49.2 Å². The molecule has 4 aromatic rings. The molecule has 4 saturated heterocycles. The molecule has 0 saturated carbocycles. The van der Waals surface area contributed by atoms with Crippen molar-refractivity contribution in [2.24, 2.45) is 0 Å². The first kappa shape index (κ1) is 69.9.